The zero-order valence-corrected chi connectivity index (χ0v) is 21.4. The highest BCUT2D eigenvalue weighted by Gasteiger charge is 2.09. The average Bonchev–Trinajstić information content (AvgIpc) is 2.93. The fourth-order valence-corrected chi connectivity index (χ4v) is 4.32. The topological polar surface area (TPSA) is 83.9 Å². The molecule has 0 saturated carbocycles. The largest absolute Gasteiger partial charge is 0.489 e. The van der Waals surface area contributed by atoms with Crippen molar-refractivity contribution in [1.29, 1.82) is 0 Å². The van der Waals surface area contributed by atoms with Gasteiger partial charge in [0.15, 0.2) is 0 Å². The minimum absolute atomic E-state index is 0.271. The Morgan fingerprint density at radius 2 is 1.97 bits per heavy atom. The molecule has 0 aliphatic carbocycles. The van der Waals surface area contributed by atoms with Gasteiger partial charge in [-0.2, -0.15) is 0 Å². The zero-order chi connectivity index (χ0) is 26.2. The van der Waals surface area contributed by atoms with Crippen LogP contribution >= 0.6 is 0 Å². The molecule has 0 bridgehead atoms. The number of hydrogen-bond donors (Lipinski definition) is 2. The van der Waals surface area contributed by atoms with E-state index < -0.39 is 0 Å². The third kappa shape index (κ3) is 6.81. The lowest BCUT2D eigenvalue weighted by Crippen LogP contribution is -2.44. The predicted molar refractivity (Wildman–Crippen MR) is 148 cm³/mol. The number of nitrogens with one attached hydrogen (secondary N) is 2. The minimum Gasteiger partial charge on any atom is -0.489 e. The summed E-state index contributed by atoms with van der Waals surface area (Å²) < 4.78 is 19.3. The van der Waals surface area contributed by atoms with Gasteiger partial charge in [0, 0.05) is 43.8 Å². The van der Waals surface area contributed by atoms with Crippen molar-refractivity contribution < 1.29 is 14.0 Å². The lowest BCUT2D eigenvalue weighted by atomic mass is 10.1. The maximum atomic E-state index is 13.4. The maximum Gasteiger partial charge on any atom is 0.141 e. The van der Waals surface area contributed by atoms with E-state index in [1.165, 1.54) is 12.1 Å². The van der Waals surface area contributed by atoms with Crippen molar-refractivity contribution in [2.75, 3.05) is 44.6 Å². The van der Waals surface area contributed by atoms with Crippen LogP contribution in [-0.4, -0.2) is 60.4 Å². The number of piperazine rings is 1. The van der Waals surface area contributed by atoms with Gasteiger partial charge < -0.3 is 20.2 Å². The Bertz CT molecular complexity index is 1410. The molecule has 1 aromatic heterocycles. The van der Waals surface area contributed by atoms with Crippen molar-refractivity contribution in [3.8, 4) is 5.75 Å². The van der Waals surface area contributed by atoms with Crippen LogP contribution in [-0.2, 0) is 11.4 Å². The number of anilines is 2. The highest BCUT2D eigenvalue weighted by Crippen LogP contribution is 2.28. The number of hydrogen-bond acceptors (Lipinski definition) is 8. The molecule has 1 fully saturated rings. The van der Waals surface area contributed by atoms with Crippen molar-refractivity contribution in [2.45, 2.75) is 13.5 Å². The predicted octanol–water partition coefficient (Wildman–Crippen LogP) is 4.66. The van der Waals surface area contributed by atoms with Crippen LogP contribution in [0.5, 0.6) is 5.75 Å². The summed E-state index contributed by atoms with van der Waals surface area (Å²) in [5.41, 5.74) is 4.33. The molecule has 1 aliphatic heterocycles. The van der Waals surface area contributed by atoms with Gasteiger partial charge in [-0.15, -0.1) is 0 Å². The van der Waals surface area contributed by atoms with E-state index in [9.17, 15) is 4.39 Å². The number of rotatable bonds is 10. The number of aryl methyl sites for hydroxylation is 1. The third-order valence-electron chi connectivity index (χ3n) is 6.37. The molecule has 5 rings (SSSR count). The van der Waals surface area contributed by atoms with Crippen LogP contribution < -0.4 is 15.4 Å². The molecular formula is C29H31FN6O2. The second-order valence-electron chi connectivity index (χ2n) is 9.18. The van der Waals surface area contributed by atoms with Crippen LogP contribution in [0.2, 0.25) is 0 Å². The van der Waals surface area contributed by atoms with Crippen molar-refractivity contribution in [3.05, 3.63) is 89.5 Å². The summed E-state index contributed by atoms with van der Waals surface area (Å²) in [5, 5.41) is 11.8. The summed E-state index contributed by atoms with van der Waals surface area (Å²) in [5.74, 6) is 1.16. The van der Waals surface area contributed by atoms with Crippen molar-refractivity contribution in [1.82, 2.24) is 20.2 Å². The number of ether oxygens (including phenoxy) is 1. The van der Waals surface area contributed by atoms with Gasteiger partial charge in [0.2, 0.25) is 0 Å². The number of nitrogens with zero attached hydrogens (tertiary/aromatic N) is 4. The fraction of sp³-hybridized carbons (Fsp3) is 0.276. The molecule has 8 nitrogen and oxygen atoms in total. The normalized spacial score (nSPS) is 14.2. The highest BCUT2D eigenvalue weighted by atomic mass is 19.1. The number of benzene rings is 3. The van der Waals surface area contributed by atoms with Gasteiger partial charge in [-0.25, -0.2) is 14.4 Å². The number of aromatic nitrogens is 2. The van der Waals surface area contributed by atoms with Crippen LogP contribution in [0, 0.1) is 12.7 Å². The van der Waals surface area contributed by atoms with Gasteiger partial charge in [0.25, 0.3) is 0 Å². The Labute approximate surface area is 221 Å². The van der Waals surface area contributed by atoms with E-state index in [4.69, 9.17) is 9.57 Å². The molecule has 1 aliphatic rings. The van der Waals surface area contributed by atoms with E-state index in [-0.39, 0.29) is 5.82 Å². The first kappa shape index (κ1) is 25.6. The first-order valence-corrected chi connectivity index (χ1v) is 12.7. The van der Waals surface area contributed by atoms with Gasteiger partial charge in [-0.1, -0.05) is 23.4 Å². The Morgan fingerprint density at radius 1 is 1.08 bits per heavy atom. The maximum absolute atomic E-state index is 13.4. The molecule has 0 spiro atoms. The van der Waals surface area contributed by atoms with Crippen LogP contribution in [0.15, 0.2) is 72.1 Å². The summed E-state index contributed by atoms with van der Waals surface area (Å²) >= 11 is 0. The summed E-state index contributed by atoms with van der Waals surface area (Å²) in [6.45, 7) is 7.82. The molecule has 0 unspecified atom stereocenters. The van der Waals surface area contributed by atoms with E-state index in [0.29, 0.717) is 19.0 Å². The van der Waals surface area contributed by atoms with E-state index in [0.717, 1.165) is 71.8 Å². The molecule has 196 valence electrons. The number of halogens is 1. The monoisotopic (exact) mass is 514 g/mol. The van der Waals surface area contributed by atoms with Crippen LogP contribution in [0.1, 0.15) is 16.7 Å². The van der Waals surface area contributed by atoms with Gasteiger partial charge in [0.1, 0.15) is 36.9 Å². The molecule has 0 amide bonds. The molecule has 0 atom stereocenters. The van der Waals surface area contributed by atoms with Crippen molar-refractivity contribution in [3.63, 3.8) is 0 Å². The van der Waals surface area contributed by atoms with Crippen molar-refractivity contribution in [2.24, 2.45) is 5.16 Å². The van der Waals surface area contributed by atoms with E-state index in [2.05, 4.69) is 30.7 Å². The van der Waals surface area contributed by atoms with Crippen LogP contribution in [0.3, 0.4) is 0 Å². The van der Waals surface area contributed by atoms with Gasteiger partial charge in [-0.05, 0) is 66.1 Å². The lowest BCUT2D eigenvalue weighted by Gasteiger charge is -2.26. The average molecular weight is 515 g/mol. The quantitative estimate of drug-likeness (QED) is 0.181. The number of oxime groups is 1. The molecular weight excluding hydrogens is 483 g/mol. The van der Waals surface area contributed by atoms with E-state index in [1.807, 2.05) is 49.4 Å². The summed E-state index contributed by atoms with van der Waals surface area (Å²) in [7, 11) is 0. The van der Waals surface area contributed by atoms with E-state index in [1.54, 1.807) is 18.6 Å². The van der Waals surface area contributed by atoms with Gasteiger partial charge in [-0.3, -0.25) is 4.90 Å². The van der Waals surface area contributed by atoms with Crippen molar-refractivity contribution >= 4 is 28.6 Å². The van der Waals surface area contributed by atoms with Crippen LogP contribution in [0.25, 0.3) is 10.9 Å². The molecule has 38 heavy (non-hydrogen) atoms. The third-order valence-corrected chi connectivity index (χ3v) is 6.37. The molecule has 4 aromatic rings. The van der Waals surface area contributed by atoms with Gasteiger partial charge >= 0.3 is 0 Å². The Morgan fingerprint density at radius 3 is 2.82 bits per heavy atom. The number of fused-ring (bicyclic) bond motifs is 1. The van der Waals surface area contributed by atoms with Crippen LogP contribution in [0.4, 0.5) is 15.9 Å². The van der Waals surface area contributed by atoms with E-state index >= 15 is 0 Å². The zero-order valence-electron chi connectivity index (χ0n) is 21.4. The second kappa shape index (κ2) is 12.4. The Balaban J connectivity index is 1.22. The summed E-state index contributed by atoms with van der Waals surface area (Å²) in [6.07, 6.45) is 3.25. The molecule has 3 aromatic carbocycles. The summed E-state index contributed by atoms with van der Waals surface area (Å²) in [4.78, 5) is 16.7. The first-order valence-electron chi connectivity index (χ1n) is 12.7. The molecule has 9 heteroatoms. The standard InChI is InChI=1S/C29H31FN6O2/c1-21-15-25(6-8-28(21)37-19-23-3-2-4-24(30)16-23)35-29-26-17-22(5-7-27(26)32-20-33-29)18-34-38-14-13-36-11-9-31-10-12-36/h2-8,15-18,20,31H,9-14,19H2,1H3,(H,32,33,35)/b34-18+. The summed E-state index contributed by atoms with van der Waals surface area (Å²) in [6, 6.07) is 18.1. The van der Waals surface area contributed by atoms with Gasteiger partial charge in [0.05, 0.1) is 11.7 Å². The fourth-order valence-electron chi connectivity index (χ4n) is 4.32. The smallest absolute Gasteiger partial charge is 0.141 e. The minimum atomic E-state index is -0.271. The molecule has 2 heterocycles. The molecule has 1 saturated heterocycles. The second-order valence-corrected chi connectivity index (χ2v) is 9.18. The Kier molecular flexibility index (Phi) is 8.37. The molecule has 2 N–H and O–H groups in total. The SMILES string of the molecule is Cc1cc(Nc2ncnc3ccc(/C=N/OCCN4CCNCC4)cc23)ccc1OCc1cccc(F)c1. The highest BCUT2D eigenvalue weighted by molar-refractivity contribution is 5.95. The first-order chi connectivity index (χ1) is 18.6. The Hall–Kier alpha value is -4.08. The molecule has 0 radical (unpaired) electrons. The lowest BCUT2D eigenvalue weighted by molar-refractivity contribution is 0.106.